The topological polar surface area (TPSA) is 12.0 Å². The second kappa shape index (κ2) is 9.23. The van der Waals surface area contributed by atoms with Gasteiger partial charge in [-0.2, -0.15) is 0 Å². The lowest BCUT2D eigenvalue weighted by Gasteiger charge is -2.24. The number of alkyl halides is 1. The van der Waals surface area contributed by atoms with Crippen molar-refractivity contribution in [2.45, 2.75) is 46.5 Å². The highest BCUT2D eigenvalue weighted by atomic mass is 35.5. The maximum atomic E-state index is 5.54. The third-order valence-corrected chi connectivity index (χ3v) is 2.76. The van der Waals surface area contributed by atoms with Gasteiger partial charge < -0.3 is 5.32 Å². The molecule has 0 aliphatic carbocycles. The molecule has 0 aliphatic rings. The molecule has 0 aromatic rings. The molecule has 0 spiro atoms. The van der Waals surface area contributed by atoms with Crippen LogP contribution in [0.3, 0.4) is 0 Å². The van der Waals surface area contributed by atoms with Crippen molar-refractivity contribution in [3.8, 4) is 0 Å². The van der Waals surface area contributed by atoms with Crippen molar-refractivity contribution < 1.29 is 0 Å². The molecule has 0 rings (SSSR count). The molecule has 0 heterocycles. The predicted molar refractivity (Wildman–Crippen MR) is 70.7 cm³/mol. The molecule has 0 aromatic carbocycles. The summed E-state index contributed by atoms with van der Waals surface area (Å²) in [6.07, 6.45) is 9.40. The molecular weight excluding hydrogens is 206 g/mol. The SMILES string of the molecule is CCCCCC(C)(C)CNC/C=C/CCl. The van der Waals surface area contributed by atoms with Gasteiger partial charge in [0, 0.05) is 19.0 Å². The van der Waals surface area contributed by atoms with Crippen LogP contribution in [-0.2, 0) is 0 Å². The summed E-state index contributed by atoms with van der Waals surface area (Å²) in [6.45, 7) is 8.94. The average molecular weight is 232 g/mol. The van der Waals surface area contributed by atoms with Crippen LogP contribution >= 0.6 is 11.6 Å². The number of nitrogens with one attached hydrogen (secondary N) is 1. The van der Waals surface area contributed by atoms with E-state index in [1.165, 1.54) is 25.7 Å². The highest BCUT2D eigenvalue weighted by Gasteiger charge is 2.15. The molecular formula is C13H26ClN. The van der Waals surface area contributed by atoms with Crippen molar-refractivity contribution in [3.63, 3.8) is 0 Å². The van der Waals surface area contributed by atoms with Gasteiger partial charge in [0.1, 0.15) is 0 Å². The number of allylic oxidation sites excluding steroid dienone is 1. The fraction of sp³-hybridized carbons (Fsp3) is 0.846. The molecule has 0 aromatic heterocycles. The Labute approximate surface area is 100 Å². The zero-order valence-corrected chi connectivity index (χ0v) is 11.2. The number of unbranched alkanes of at least 4 members (excludes halogenated alkanes) is 2. The third kappa shape index (κ3) is 10.3. The van der Waals surface area contributed by atoms with Gasteiger partial charge in [-0.15, -0.1) is 11.6 Å². The van der Waals surface area contributed by atoms with E-state index in [4.69, 9.17) is 11.6 Å². The first-order valence-corrected chi connectivity index (χ1v) is 6.57. The summed E-state index contributed by atoms with van der Waals surface area (Å²) in [7, 11) is 0. The fourth-order valence-corrected chi connectivity index (χ4v) is 1.71. The fourth-order valence-electron chi connectivity index (χ4n) is 1.58. The van der Waals surface area contributed by atoms with Gasteiger partial charge in [-0.1, -0.05) is 52.2 Å². The van der Waals surface area contributed by atoms with E-state index >= 15 is 0 Å². The largest absolute Gasteiger partial charge is 0.313 e. The van der Waals surface area contributed by atoms with Crippen LogP contribution in [0.25, 0.3) is 0 Å². The standard InChI is InChI=1S/C13H26ClN/c1-4-5-6-9-13(2,3)12-15-11-8-7-10-14/h7-8,15H,4-6,9-12H2,1-3H3/b8-7+. The molecule has 0 fully saturated rings. The Kier molecular flexibility index (Phi) is 9.23. The van der Waals surface area contributed by atoms with Crippen molar-refractivity contribution in [2.24, 2.45) is 5.41 Å². The van der Waals surface area contributed by atoms with E-state index in [1.54, 1.807) is 0 Å². The second-order valence-corrected chi connectivity index (χ2v) is 5.19. The molecule has 0 aliphatic heterocycles. The Morgan fingerprint density at radius 1 is 1.20 bits per heavy atom. The zero-order chi connectivity index (χ0) is 11.6. The Morgan fingerprint density at radius 3 is 2.53 bits per heavy atom. The van der Waals surface area contributed by atoms with Crippen LogP contribution in [-0.4, -0.2) is 19.0 Å². The lowest BCUT2D eigenvalue weighted by Crippen LogP contribution is -2.29. The minimum atomic E-state index is 0.421. The summed E-state index contributed by atoms with van der Waals surface area (Å²) in [5.41, 5.74) is 0.421. The Hall–Kier alpha value is -0.0100. The van der Waals surface area contributed by atoms with E-state index in [-0.39, 0.29) is 0 Å². The number of hydrogen-bond donors (Lipinski definition) is 1. The smallest absolute Gasteiger partial charge is 0.0404 e. The van der Waals surface area contributed by atoms with Crippen LogP contribution in [0, 0.1) is 5.41 Å². The van der Waals surface area contributed by atoms with Crippen LogP contribution < -0.4 is 5.32 Å². The molecule has 90 valence electrons. The molecule has 0 saturated heterocycles. The lowest BCUT2D eigenvalue weighted by molar-refractivity contribution is 0.307. The molecule has 15 heavy (non-hydrogen) atoms. The Morgan fingerprint density at radius 2 is 1.93 bits per heavy atom. The van der Waals surface area contributed by atoms with E-state index < -0.39 is 0 Å². The summed E-state index contributed by atoms with van der Waals surface area (Å²) < 4.78 is 0. The molecule has 0 saturated carbocycles. The molecule has 1 nitrogen and oxygen atoms in total. The normalized spacial score (nSPS) is 12.5. The van der Waals surface area contributed by atoms with Gasteiger partial charge in [0.2, 0.25) is 0 Å². The highest BCUT2D eigenvalue weighted by molar-refractivity contribution is 6.18. The van der Waals surface area contributed by atoms with Crippen molar-refractivity contribution in [1.29, 1.82) is 0 Å². The minimum absolute atomic E-state index is 0.421. The van der Waals surface area contributed by atoms with Crippen LogP contribution in [0.15, 0.2) is 12.2 Å². The summed E-state index contributed by atoms with van der Waals surface area (Å²) in [5.74, 6) is 0.613. The zero-order valence-electron chi connectivity index (χ0n) is 10.5. The summed E-state index contributed by atoms with van der Waals surface area (Å²) in [4.78, 5) is 0. The third-order valence-electron chi connectivity index (χ3n) is 2.58. The van der Waals surface area contributed by atoms with Gasteiger partial charge in [-0.3, -0.25) is 0 Å². The molecule has 0 amide bonds. The first-order chi connectivity index (χ1) is 7.12. The summed E-state index contributed by atoms with van der Waals surface area (Å²) in [6, 6.07) is 0. The van der Waals surface area contributed by atoms with Crippen molar-refractivity contribution in [1.82, 2.24) is 5.32 Å². The van der Waals surface area contributed by atoms with Crippen molar-refractivity contribution in [3.05, 3.63) is 12.2 Å². The van der Waals surface area contributed by atoms with E-state index in [1.807, 2.05) is 6.08 Å². The van der Waals surface area contributed by atoms with Gasteiger partial charge in [0.15, 0.2) is 0 Å². The lowest BCUT2D eigenvalue weighted by atomic mass is 9.87. The monoisotopic (exact) mass is 231 g/mol. The van der Waals surface area contributed by atoms with Crippen LogP contribution in [0.5, 0.6) is 0 Å². The highest BCUT2D eigenvalue weighted by Crippen LogP contribution is 2.22. The average Bonchev–Trinajstić information content (AvgIpc) is 2.17. The molecule has 0 unspecified atom stereocenters. The maximum Gasteiger partial charge on any atom is 0.0404 e. The van der Waals surface area contributed by atoms with Gasteiger partial charge >= 0.3 is 0 Å². The molecule has 0 bridgehead atoms. The first-order valence-electron chi connectivity index (χ1n) is 6.04. The van der Waals surface area contributed by atoms with Gasteiger partial charge in [-0.25, -0.2) is 0 Å². The first kappa shape index (κ1) is 15.0. The number of hydrogen-bond acceptors (Lipinski definition) is 1. The number of halogens is 1. The van der Waals surface area contributed by atoms with Crippen molar-refractivity contribution in [2.75, 3.05) is 19.0 Å². The minimum Gasteiger partial charge on any atom is -0.313 e. The summed E-state index contributed by atoms with van der Waals surface area (Å²) in [5, 5.41) is 3.44. The van der Waals surface area contributed by atoms with Crippen LogP contribution in [0.4, 0.5) is 0 Å². The molecule has 0 atom stereocenters. The van der Waals surface area contributed by atoms with Crippen molar-refractivity contribution >= 4 is 11.6 Å². The molecule has 2 heteroatoms. The summed E-state index contributed by atoms with van der Waals surface area (Å²) >= 11 is 5.54. The Bertz CT molecular complexity index is 164. The van der Waals surface area contributed by atoms with E-state index in [2.05, 4.69) is 32.2 Å². The number of rotatable bonds is 9. The quantitative estimate of drug-likeness (QED) is 0.360. The maximum absolute atomic E-state index is 5.54. The van der Waals surface area contributed by atoms with Crippen LogP contribution in [0.1, 0.15) is 46.5 Å². The van der Waals surface area contributed by atoms with Gasteiger partial charge in [-0.05, 0) is 11.8 Å². The second-order valence-electron chi connectivity index (χ2n) is 4.88. The Balaban J connectivity index is 3.50. The van der Waals surface area contributed by atoms with Gasteiger partial charge in [0.05, 0.1) is 0 Å². The van der Waals surface area contributed by atoms with E-state index in [9.17, 15) is 0 Å². The predicted octanol–water partition coefficient (Wildman–Crippen LogP) is 3.98. The molecule has 0 radical (unpaired) electrons. The van der Waals surface area contributed by atoms with Gasteiger partial charge in [0.25, 0.3) is 0 Å². The molecule has 1 N–H and O–H groups in total. The van der Waals surface area contributed by atoms with Crippen LogP contribution in [0.2, 0.25) is 0 Å². The van der Waals surface area contributed by atoms with E-state index in [0.717, 1.165) is 13.1 Å². The van der Waals surface area contributed by atoms with E-state index in [0.29, 0.717) is 11.3 Å².